The van der Waals surface area contributed by atoms with Gasteiger partial charge in [-0.2, -0.15) is 0 Å². The van der Waals surface area contributed by atoms with Crippen LogP contribution in [-0.4, -0.2) is 25.9 Å². The van der Waals surface area contributed by atoms with Gasteiger partial charge in [0.05, 0.1) is 25.6 Å². The third-order valence-corrected chi connectivity index (χ3v) is 4.75. The van der Waals surface area contributed by atoms with Gasteiger partial charge in [0.15, 0.2) is 6.73 Å². The van der Waals surface area contributed by atoms with E-state index in [1.165, 1.54) is 18.4 Å². The van der Waals surface area contributed by atoms with Crippen LogP contribution in [0.5, 0.6) is 5.19 Å². The number of ether oxygens (including phenoxy) is 1. The van der Waals surface area contributed by atoms with Gasteiger partial charge in [0.1, 0.15) is 6.61 Å². The molecule has 1 heterocycles. The molecular weight excluding hydrogens is 388 g/mol. The zero-order valence-electron chi connectivity index (χ0n) is 14.9. The first-order valence-electron chi connectivity index (χ1n) is 8.10. The van der Waals surface area contributed by atoms with Crippen molar-refractivity contribution in [1.82, 2.24) is 4.98 Å². The molecular formula is C19H19ClN2O4S. The predicted molar refractivity (Wildman–Crippen MR) is 106 cm³/mol. The molecule has 0 saturated carbocycles. The third-order valence-electron chi connectivity index (χ3n) is 3.74. The summed E-state index contributed by atoms with van der Waals surface area (Å²) in [4.78, 5) is 19.5. The number of aromatic nitrogens is 1. The van der Waals surface area contributed by atoms with Gasteiger partial charge in [0, 0.05) is 21.5 Å². The third kappa shape index (κ3) is 5.18. The average Bonchev–Trinajstić information content (AvgIpc) is 3.17. The van der Waals surface area contributed by atoms with Crippen LogP contribution in [0.15, 0.2) is 53.9 Å². The maximum Gasteiger partial charge on any atom is 0.274 e. The number of rotatable bonds is 9. The van der Waals surface area contributed by atoms with Crippen molar-refractivity contribution < 1.29 is 19.3 Å². The van der Waals surface area contributed by atoms with Crippen molar-refractivity contribution in [3.8, 4) is 16.5 Å². The number of thiazole rings is 1. The van der Waals surface area contributed by atoms with Crippen LogP contribution in [0.25, 0.3) is 11.3 Å². The lowest BCUT2D eigenvalue weighted by atomic mass is 10.2. The summed E-state index contributed by atoms with van der Waals surface area (Å²) >= 11 is 7.38. The largest absolute Gasteiger partial charge is 0.465 e. The molecule has 0 fully saturated rings. The van der Waals surface area contributed by atoms with Crippen molar-refractivity contribution in [1.29, 1.82) is 0 Å². The molecule has 2 aromatic carbocycles. The lowest BCUT2D eigenvalue weighted by molar-refractivity contribution is -0.280. The second-order valence-electron chi connectivity index (χ2n) is 5.40. The molecule has 0 unspecified atom stereocenters. The van der Waals surface area contributed by atoms with E-state index in [1.807, 2.05) is 53.9 Å². The highest BCUT2D eigenvalue weighted by molar-refractivity contribution is 7.11. The summed E-state index contributed by atoms with van der Waals surface area (Å²) in [7, 11) is 3.01. The van der Waals surface area contributed by atoms with Gasteiger partial charge < -0.3 is 4.74 Å². The minimum Gasteiger partial charge on any atom is -0.465 e. The second kappa shape index (κ2) is 9.68. The lowest BCUT2D eigenvalue weighted by Crippen LogP contribution is -2.26. The number of hydrogen-bond acceptors (Lipinski definition) is 7. The van der Waals surface area contributed by atoms with Gasteiger partial charge in [-0.3, -0.25) is 4.84 Å². The van der Waals surface area contributed by atoms with Crippen LogP contribution in [0.1, 0.15) is 5.56 Å². The molecule has 27 heavy (non-hydrogen) atoms. The molecule has 0 N–H and O–H groups in total. The standard InChI is InChI=1S/C19H19ClN2O4S/c1-23-22(13-26-24-2)18-6-4-3-5-15(18)11-25-19-21-17(12-27-19)14-7-9-16(20)10-8-14/h3-10,12H,11,13H2,1-2H3. The fourth-order valence-electron chi connectivity index (χ4n) is 2.41. The lowest BCUT2D eigenvalue weighted by Gasteiger charge is -2.22. The predicted octanol–water partition coefficient (Wildman–Crippen LogP) is 4.95. The zero-order chi connectivity index (χ0) is 19.1. The molecule has 0 aliphatic rings. The highest BCUT2D eigenvalue weighted by atomic mass is 35.5. The van der Waals surface area contributed by atoms with Crippen LogP contribution in [0.2, 0.25) is 5.02 Å². The van der Waals surface area contributed by atoms with Crippen LogP contribution in [0.4, 0.5) is 5.69 Å². The van der Waals surface area contributed by atoms with Crippen LogP contribution in [0.3, 0.4) is 0 Å². The highest BCUT2D eigenvalue weighted by Crippen LogP contribution is 2.29. The van der Waals surface area contributed by atoms with E-state index in [1.54, 1.807) is 12.2 Å². The first kappa shape index (κ1) is 19.6. The Bertz CT molecular complexity index is 857. The van der Waals surface area contributed by atoms with Crippen LogP contribution in [-0.2, 0) is 21.2 Å². The van der Waals surface area contributed by atoms with Gasteiger partial charge in [0.25, 0.3) is 5.19 Å². The van der Waals surface area contributed by atoms with Gasteiger partial charge in [-0.05, 0) is 18.2 Å². The van der Waals surface area contributed by atoms with Gasteiger partial charge in [0.2, 0.25) is 0 Å². The van der Waals surface area contributed by atoms with Gasteiger partial charge in [-0.1, -0.05) is 53.3 Å². The number of halogens is 1. The molecule has 1 aromatic heterocycles. The van der Waals surface area contributed by atoms with Crippen molar-refractivity contribution in [3.63, 3.8) is 0 Å². The Labute approximate surface area is 166 Å². The maximum atomic E-state index is 5.93. The quantitative estimate of drug-likeness (QED) is 0.285. The number of benzene rings is 2. The highest BCUT2D eigenvalue weighted by Gasteiger charge is 2.13. The maximum absolute atomic E-state index is 5.93. The molecule has 0 atom stereocenters. The molecule has 0 saturated heterocycles. The number of para-hydroxylation sites is 1. The van der Waals surface area contributed by atoms with E-state index in [0.717, 1.165) is 22.5 Å². The van der Waals surface area contributed by atoms with Gasteiger partial charge in [-0.15, -0.1) is 0 Å². The molecule has 0 radical (unpaired) electrons. The Hall–Kier alpha value is -2.16. The Morgan fingerprint density at radius 3 is 2.59 bits per heavy atom. The molecule has 0 aliphatic carbocycles. The summed E-state index contributed by atoms with van der Waals surface area (Å²) in [5.74, 6) is 0. The van der Waals surface area contributed by atoms with Crippen molar-refractivity contribution in [2.24, 2.45) is 0 Å². The monoisotopic (exact) mass is 406 g/mol. The van der Waals surface area contributed by atoms with E-state index in [-0.39, 0.29) is 6.73 Å². The molecule has 142 valence electrons. The number of nitrogens with zero attached hydrogens (tertiary/aromatic N) is 2. The van der Waals surface area contributed by atoms with Gasteiger partial charge >= 0.3 is 0 Å². The summed E-state index contributed by atoms with van der Waals surface area (Å²) in [6.45, 7) is 0.471. The van der Waals surface area contributed by atoms with E-state index in [4.69, 9.17) is 26.1 Å². The first-order valence-corrected chi connectivity index (χ1v) is 9.36. The normalized spacial score (nSPS) is 10.8. The fraction of sp³-hybridized carbons (Fsp3) is 0.211. The SMILES string of the molecule is COOCN(OC)c1ccccc1COc1nc(-c2ccc(Cl)cc2)cs1. The molecule has 0 amide bonds. The van der Waals surface area contributed by atoms with E-state index >= 15 is 0 Å². The molecule has 0 spiro atoms. The molecule has 0 aliphatic heterocycles. The summed E-state index contributed by atoms with van der Waals surface area (Å²) < 4.78 is 5.88. The van der Waals surface area contributed by atoms with E-state index in [2.05, 4.69) is 9.87 Å². The summed E-state index contributed by atoms with van der Waals surface area (Å²) in [6.07, 6.45) is 0. The van der Waals surface area contributed by atoms with Crippen molar-refractivity contribution in [2.75, 3.05) is 26.0 Å². The summed E-state index contributed by atoms with van der Waals surface area (Å²) in [5, 5.41) is 4.82. The van der Waals surface area contributed by atoms with Crippen LogP contribution < -0.4 is 9.80 Å². The molecule has 0 bridgehead atoms. The molecule has 8 heteroatoms. The second-order valence-corrected chi connectivity index (χ2v) is 6.65. The minimum atomic E-state index is 0.127. The fourth-order valence-corrected chi connectivity index (χ4v) is 3.22. The Morgan fingerprint density at radius 2 is 1.85 bits per heavy atom. The molecule has 6 nitrogen and oxygen atoms in total. The number of hydroxylamine groups is 1. The van der Waals surface area contributed by atoms with E-state index < -0.39 is 0 Å². The summed E-state index contributed by atoms with van der Waals surface area (Å²) in [5.41, 5.74) is 3.61. The van der Waals surface area contributed by atoms with E-state index in [0.29, 0.717) is 16.8 Å². The van der Waals surface area contributed by atoms with Crippen LogP contribution >= 0.6 is 22.9 Å². The first-order chi connectivity index (χ1) is 13.2. The topological polar surface area (TPSA) is 53.1 Å². The smallest absolute Gasteiger partial charge is 0.274 e. The number of hydrogen-bond donors (Lipinski definition) is 0. The Balaban J connectivity index is 1.69. The van der Waals surface area contributed by atoms with Gasteiger partial charge in [-0.25, -0.2) is 19.8 Å². The Kier molecular flexibility index (Phi) is 7.03. The number of anilines is 1. The van der Waals surface area contributed by atoms with Crippen molar-refractivity contribution >= 4 is 28.6 Å². The van der Waals surface area contributed by atoms with E-state index in [9.17, 15) is 0 Å². The molecule has 3 rings (SSSR count). The van der Waals surface area contributed by atoms with Crippen molar-refractivity contribution in [3.05, 3.63) is 64.5 Å². The van der Waals surface area contributed by atoms with Crippen molar-refractivity contribution in [2.45, 2.75) is 6.61 Å². The minimum absolute atomic E-state index is 0.127. The average molecular weight is 407 g/mol. The van der Waals surface area contributed by atoms with Crippen LogP contribution in [0, 0.1) is 0 Å². The Morgan fingerprint density at radius 1 is 1.07 bits per heavy atom. The zero-order valence-corrected chi connectivity index (χ0v) is 16.5. The summed E-state index contributed by atoms with van der Waals surface area (Å²) in [6, 6.07) is 15.3. The molecule has 3 aromatic rings.